The van der Waals surface area contributed by atoms with Gasteiger partial charge in [-0.3, -0.25) is 4.98 Å². The number of aromatic carboxylic acids is 1. The maximum atomic E-state index is 13.6. The topological polar surface area (TPSA) is 71.5 Å². The van der Waals surface area contributed by atoms with Crippen molar-refractivity contribution in [1.29, 1.82) is 0 Å². The molecule has 0 saturated carbocycles. The summed E-state index contributed by atoms with van der Waals surface area (Å²) in [5, 5.41) is 12.0. The second-order valence-electron chi connectivity index (χ2n) is 4.15. The van der Waals surface area contributed by atoms with Crippen LogP contribution in [0, 0.1) is 12.7 Å². The van der Waals surface area contributed by atoms with Crippen molar-refractivity contribution in [3.63, 3.8) is 0 Å². The van der Waals surface area contributed by atoms with Crippen molar-refractivity contribution in [2.24, 2.45) is 0 Å². The van der Waals surface area contributed by atoms with Gasteiger partial charge in [-0.25, -0.2) is 9.18 Å². The molecular formula is C14H13FN2O3. The number of pyridine rings is 1. The number of carboxylic acid groups (broad SMARTS) is 1. The van der Waals surface area contributed by atoms with Crippen LogP contribution in [0.25, 0.3) is 0 Å². The molecule has 2 rings (SSSR count). The van der Waals surface area contributed by atoms with Gasteiger partial charge in [-0.2, -0.15) is 0 Å². The van der Waals surface area contributed by atoms with Crippen LogP contribution in [0.5, 0.6) is 5.75 Å². The fourth-order valence-electron chi connectivity index (χ4n) is 1.73. The van der Waals surface area contributed by atoms with E-state index in [0.717, 1.165) is 0 Å². The van der Waals surface area contributed by atoms with Gasteiger partial charge in [-0.05, 0) is 25.1 Å². The van der Waals surface area contributed by atoms with E-state index >= 15 is 0 Å². The second-order valence-corrected chi connectivity index (χ2v) is 4.15. The van der Waals surface area contributed by atoms with Gasteiger partial charge < -0.3 is 15.2 Å². The Morgan fingerprint density at radius 3 is 2.75 bits per heavy atom. The summed E-state index contributed by atoms with van der Waals surface area (Å²) in [6.07, 6.45) is 1.26. The molecule has 0 fully saturated rings. The smallest absolute Gasteiger partial charge is 0.339 e. The third kappa shape index (κ3) is 2.85. The number of nitrogens with zero attached hydrogens (tertiary/aromatic N) is 1. The third-order valence-electron chi connectivity index (χ3n) is 2.70. The number of rotatable bonds is 4. The molecule has 0 radical (unpaired) electrons. The fourth-order valence-corrected chi connectivity index (χ4v) is 1.73. The Morgan fingerprint density at radius 1 is 1.40 bits per heavy atom. The number of benzene rings is 1. The molecule has 6 heteroatoms. The molecule has 0 atom stereocenters. The number of aromatic nitrogens is 1. The third-order valence-corrected chi connectivity index (χ3v) is 2.70. The van der Waals surface area contributed by atoms with Crippen molar-refractivity contribution in [2.75, 3.05) is 12.4 Å². The number of nitrogens with one attached hydrogen (secondary N) is 1. The number of ether oxygens (including phenoxy) is 1. The molecule has 0 amide bonds. The molecule has 2 N–H and O–H groups in total. The number of hydrogen-bond acceptors (Lipinski definition) is 4. The Morgan fingerprint density at radius 2 is 2.15 bits per heavy atom. The monoisotopic (exact) mass is 276 g/mol. The van der Waals surface area contributed by atoms with Crippen LogP contribution >= 0.6 is 0 Å². The molecule has 0 aliphatic heterocycles. The number of carboxylic acids is 1. The van der Waals surface area contributed by atoms with E-state index in [1.165, 1.54) is 25.4 Å². The van der Waals surface area contributed by atoms with E-state index in [4.69, 9.17) is 9.84 Å². The molecule has 2 aromatic rings. The first-order valence-electron chi connectivity index (χ1n) is 5.81. The number of anilines is 2. The maximum absolute atomic E-state index is 13.6. The van der Waals surface area contributed by atoms with Crippen LogP contribution in [-0.2, 0) is 0 Å². The number of halogens is 1. The minimum Gasteiger partial charge on any atom is -0.494 e. The summed E-state index contributed by atoms with van der Waals surface area (Å²) in [4.78, 5) is 15.0. The summed E-state index contributed by atoms with van der Waals surface area (Å²) in [5.74, 6) is -1.51. The summed E-state index contributed by atoms with van der Waals surface area (Å²) in [6, 6.07) is 5.89. The Labute approximate surface area is 115 Å². The zero-order chi connectivity index (χ0) is 14.7. The van der Waals surface area contributed by atoms with Crippen molar-refractivity contribution >= 4 is 17.3 Å². The first kappa shape index (κ1) is 13.8. The number of aryl methyl sites for hydroxylation is 1. The predicted octanol–water partition coefficient (Wildman–Crippen LogP) is 2.98. The van der Waals surface area contributed by atoms with Gasteiger partial charge >= 0.3 is 5.97 Å². The van der Waals surface area contributed by atoms with E-state index in [9.17, 15) is 9.18 Å². The van der Waals surface area contributed by atoms with E-state index in [0.29, 0.717) is 17.1 Å². The largest absolute Gasteiger partial charge is 0.494 e. The van der Waals surface area contributed by atoms with E-state index in [-0.39, 0.29) is 11.3 Å². The SMILES string of the molecule is COc1ccc(Nc2cc(C)ncc2C(=O)O)cc1F. The zero-order valence-corrected chi connectivity index (χ0v) is 11.0. The zero-order valence-electron chi connectivity index (χ0n) is 11.0. The molecule has 1 aromatic heterocycles. The van der Waals surface area contributed by atoms with Gasteiger partial charge in [0, 0.05) is 23.6 Å². The summed E-state index contributed by atoms with van der Waals surface area (Å²) >= 11 is 0. The summed E-state index contributed by atoms with van der Waals surface area (Å²) in [6.45, 7) is 1.74. The van der Waals surface area contributed by atoms with Crippen molar-refractivity contribution < 1.29 is 19.0 Å². The standard InChI is InChI=1S/C14H13FN2O3/c1-8-5-12(10(7-16-8)14(18)19)17-9-3-4-13(20-2)11(15)6-9/h3-7H,1-2H3,(H,16,17)(H,18,19). The van der Waals surface area contributed by atoms with Crippen LogP contribution in [0.15, 0.2) is 30.5 Å². The summed E-state index contributed by atoms with van der Waals surface area (Å²) < 4.78 is 18.4. The van der Waals surface area contributed by atoms with Gasteiger partial charge in [0.1, 0.15) is 5.56 Å². The lowest BCUT2D eigenvalue weighted by atomic mass is 10.2. The molecule has 104 valence electrons. The average molecular weight is 276 g/mol. The van der Waals surface area contributed by atoms with Crippen molar-refractivity contribution in [3.8, 4) is 5.75 Å². The molecule has 0 spiro atoms. The molecule has 1 aromatic carbocycles. The maximum Gasteiger partial charge on any atom is 0.339 e. The van der Waals surface area contributed by atoms with Gasteiger partial charge in [0.15, 0.2) is 11.6 Å². The Kier molecular flexibility index (Phi) is 3.84. The van der Waals surface area contributed by atoms with Crippen LogP contribution in [0.4, 0.5) is 15.8 Å². The van der Waals surface area contributed by atoms with Gasteiger partial charge in [-0.15, -0.1) is 0 Å². The number of methoxy groups -OCH3 is 1. The second kappa shape index (κ2) is 5.56. The van der Waals surface area contributed by atoms with Crippen molar-refractivity contribution in [2.45, 2.75) is 6.92 Å². The van der Waals surface area contributed by atoms with E-state index in [1.807, 2.05) is 0 Å². The highest BCUT2D eigenvalue weighted by atomic mass is 19.1. The van der Waals surface area contributed by atoms with E-state index < -0.39 is 11.8 Å². The fraction of sp³-hybridized carbons (Fsp3) is 0.143. The highest BCUT2D eigenvalue weighted by molar-refractivity contribution is 5.94. The number of carbonyl (C=O) groups is 1. The predicted molar refractivity (Wildman–Crippen MR) is 72.2 cm³/mol. The van der Waals surface area contributed by atoms with Crippen molar-refractivity contribution in [3.05, 3.63) is 47.5 Å². The molecule has 20 heavy (non-hydrogen) atoms. The summed E-state index contributed by atoms with van der Waals surface area (Å²) in [5.41, 5.74) is 1.46. The lowest BCUT2D eigenvalue weighted by Gasteiger charge is -2.11. The van der Waals surface area contributed by atoms with E-state index in [2.05, 4.69) is 10.3 Å². The van der Waals surface area contributed by atoms with Gasteiger partial charge in [0.25, 0.3) is 0 Å². The van der Waals surface area contributed by atoms with Crippen LogP contribution < -0.4 is 10.1 Å². The Hall–Kier alpha value is -2.63. The van der Waals surface area contributed by atoms with Crippen LogP contribution in [-0.4, -0.2) is 23.2 Å². The minimum atomic E-state index is -1.10. The highest BCUT2D eigenvalue weighted by Crippen LogP contribution is 2.25. The normalized spacial score (nSPS) is 10.2. The molecule has 0 bridgehead atoms. The van der Waals surface area contributed by atoms with Gasteiger partial charge in [0.2, 0.25) is 0 Å². The van der Waals surface area contributed by atoms with Gasteiger partial charge in [0.05, 0.1) is 12.8 Å². The van der Waals surface area contributed by atoms with E-state index in [1.54, 1.807) is 19.1 Å². The molecule has 0 unspecified atom stereocenters. The van der Waals surface area contributed by atoms with Crippen LogP contribution in [0.2, 0.25) is 0 Å². The highest BCUT2D eigenvalue weighted by Gasteiger charge is 2.12. The molecule has 0 saturated heterocycles. The lowest BCUT2D eigenvalue weighted by molar-refractivity contribution is 0.0697. The van der Waals surface area contributed by atoms with Crippen LogP contribution in [0.3, 0.4) is 0 Å². The quantitative estimate of drug-likeness (QED) is 0.898. The minimum absolute atomic E-state index is 0.0202. The molecular weight excluding hydrogens is 263 g/mol. The molecule has 0 aliphatic rings. The number of hydrogen-bond donors (Lipinski definition) is 2. The summed E-state index contributed by atoms with van der Waals surface area (Å²) in [7, 11) is 1.38. The van der Waals surface area contributed by atoms with Crippen molar-refractivity contribution in [1.82, 2.24) is 4.98 Å². The van der Waals surface area contributed by atoms with Crippen LogP contribution in [0.1, 0.15) is 16.1 Å². The average Bonchev–Trinajstić information content (AvgIpc) is 2.38. The first-order chi connectivity index (χ1) is 9.51. The lowest BCUT2D eigenvalue weighted by Crippen LogP contribution is -2.04. The Bertz CT molecular complexity index is 659. The first-order valence-corrected chi connectivity index (χ1v) is 5.81. The molecule has 5 nitrogen and oxygen atoms in total. The molecule has 0 aliphatic carbocycles. The molecule has 1 heterocycles. The van der Waals surface area contributed by atoms with Gasteiger partial charge in [-0.1, -0.05) is 0 Å². The Balaban J connectivity index is 2.36.